The molecule has 5 rings (SSSR count). The average molecular weight is 255 g/mol. The van der Waals surface area contributed by atoms with E-state index in [4.69, 9.17) is 5.73 Å². The van der Waals surface area contributed by atoms with Crippen molar-refractivity contribution in [1.82, 2.24) is 0 Å². The van der Waals surface area contributed by atoms with Crippen LogP contribution in [0.15, 0.2) is 18.2 Å². The lowest BCUT2D eigenvalue weighted by Crippen LogP contribution is -2.45. The molecule has 4 bridgehead atoms. The van der Waals surface area contributed by atoms with Gasteiger partial charge in [0.2, 0.25) is 0 Å². The normalized spacial score (nSPS) is 39.7. The molecule has 2 N–H and O–H groups in total. The molecule has 1 heteroatoms. The number of aryl methyl sites for hydroxylation is 1. The summed E-state index contributed by atoms with van der Waals surface area (Å²) in [5.41, 5.74) is 9.65. The third-order valence-electron chi connectivity index (χ3n) is 6.23. The second-order valence-electron chi connectivity index (χ2n) is 7.49. The van der Waals surface area contributed by atoms with Crippen molar-refractivity contribution < 1.29 is 0 Å². The van der Waals surface area contributed by atoms with Gasteiger partial charge < -0.3 is 5.73 Å². The van der Waals surface area contributed by atoms with Crippen molar-refractivity contribution in [2.45, 2.75) is 45.4 Å². The molecule has 0 spiro atoms. The fourth-order valence-electron chi connectivity index (χ4n) is 5.51. The predicted octanol–water partition coefficient (Wildman–Crippen LogP) is 4.19. The highest BCUT2D eigenvalue weighted by Gasteiger charge is 2.47. The summed E-state index contributed by atoms with van der Waals surface area (Å²) in [5, 5.41) is 0. The van der Waals surface area contributed by atoms with Gasteiger partial charge in [-0.2, -0.15) is 0 Å². The Hall–Kier alpha value is -0.980. The fraction of sp³-hybridized carbons (Fsp3) is 0.667. The highest BCUT2D eigenvalue weighted by atomic mass is 14.6. The minimum absolute atomic E-state index is 0.939. The summed E-state index contributed by atoms with van der Waals surface area (Å²) in [6.07, 6.45) is 8.99. The average Bonchev–Trinajstić information content (AvgIpc) is 2.37. The minimum atomic E-state index is 0.939. The van der Waals surface area contributed by atoms with Gasteiger partial charge in [0, 0.05) is 5.69 Å². The van der Waals surface area contributed by atoms with Gasteiger partial charge in [-0.1, -0.05) is 12.1 Å². The first-order valence-electron chi connectivity index (χ1n) is 8.04. The summed E-state index contributed by atoms with van der Waals surface area (Å²) in [4.78, 5) is 0. The minimum Gasteiger partial charge on any atom is -0.399 e. The zero-order valence-electron chi connectivity index (χ0n) is 11.9. The van der Waals surface area contributed by atoms with Gasteiger partial charge in [0.15, 0.2) is 0 Å². The van der Waals surface area contributed by atoms with Crippen LogP contribution in [0, 0.1) is 36.5 Å². The molecule has 4 saturated carbocycles. The second-order valence-corrected chi connectivity index (χ2v) is 7.49. The zero-order chi connectivity index (χ0) is 13.0. The third-order valence-corrected chi connectivity index (χ3v) is 6.23. The summed E-state index contributed by atoms with van der Waals surface area (Å²) in [7, 11) is 0. The van der Waals surface area contributed by atoms with Crippen LogP contribution in [0.4, 0.5) is 5.69 Å². The molecule has 0 heterocycles. The quantitative estimate of drug-likeness (QED) is 0.788. The zero-order valence-corrected chi connectivity index (χ0v) is 11.9. The fourth-order valence-corrected chi connectivity index (χ4v) is 5.51. The van der Waals surface area contributed by atoms with Gasteiger partial charge in [0.05, 0.1) is 0 Å². The first-order valence-corrected chi connectivity index (χ1v) is 8.04. The van der Waals surface area contributed by atoms with E-state index < -0.39 is 0 Å². The molecule has 19 heavy (non-hydrogen) atoms. The first kappa shape index (κ1) is 11.8. The number of nitrogen functional groups attached to an aromatic ring is 1. The van der Waals surface area contributed by atoms with Crippen LogP contribution >= 0.6 is 0 Å². The highest BCUT2D eigenvalue weighted by molar-refractivity contribution is 5.47. The number of nitrogens with two attached hydrogens (primary N) is 1. The molecule has 0 atom stereocenters. The molecule has 0 saturated heterocycles. The van der Waals surface area contributed by atoms with E-state index in [0.29, 0.717) is 0 Å². The van der Waals surface area contributed by atoms with E-state index in [1.165, 1.54) is 43.2 Å². The van der Waals surface area contributed by atoms with Gasteiger partial charge in [-0.05, 0) is 92.2 Å². The van der Waals surface area contributed by atoms with Gasteiger partial charge in [-0.3, -0.25) is 0 Å². The maximum absolute atomic E-state index is 5.94. The summed E-state index contributed by atoms with van der Waals surface area (Å²) < 4.78 is 0. The first-order chi connectivity index (χ1) is 9.19. The Morgan fingerprint density at radius 1 is 1.00 bits per heavy atom. The number of hydrogen-bond donors (Lipinski definition) is 1. The lowest BCUT2D eigenvalue weighted by molar-refractivity contribution is -0.0360. The second kappa shape index (κ2) is 4.26. The predicted molar refractivity (Wildman–Crippen MR) is 79.8 cm³/mol. The molecule has 0 radical (unpaired) electrons. The van der Waals surface area contributed by atoms with Gasteiger partial charge in [0.1, 0.15) is 0 Å². The van der Waals surface area contributed by atoms with E-state index in [1.807, 2.05) is 0 Å². The number of anilines is 1. The van der Waals surface area contributed by atoms with E-state index in [2.05, 4.69) is 25.1 Å². The Bertz CT molecular complexity index is 462. The van der Waals surface area contributed by atoms with E-state index in [0.717, 1.165) is 35.3 Å². The molecule has 102 valence electrons. The van der Waals surface area contributed by atoms with Crippen LogP contribution in [-0.4, -0.2) is 0 Å². The molecule has 4 fully saturated rings. The standard InChI is InChI=1S/C18H25N/c1-11-4-12(2-3-18(11)19)10-17-15-6-13-5-14(8-15)9-16(17)7-13/h2-4,13-17H,5-10,19H2,1H3. The highest BCUT2D eigenvalue weighted by Crippen LogP contribution is 2.57. The SMILES string of the molecule is Cc1cc(CC2C3CC4CC(C3)CC2C4)ccc1N. The molecule has 1 aromatic rings. The maximum atomic E-state index is 5.94. The number of hydrogen-bond acceptors (Lipinski definition) is 1. The third kappa shape index (κ3) is 1.98. The van der Waals surface area contributed by atoms with Crippen LogP contribution in [0.3, 0.4) is 0 Å². The number of rotatable bonds is 2. The molecule has 0 unspecified atom stereocenters. The molecular weight excluding hydrogens is 230 g/mol. The Kier molecular flexibility index (Phi) is 2.65. The van der Waals surface area contributed by atoms with Crippen molar-refractivity contribution in [2.75, 3.05) is 5.73 Å². The smallest absolute Gasteiger partial charge is 0.0343 e. The van der Waals surface area contributed by atoms with Crippen molar-refractivity contribution in [3.05, 3.63) is 29.3 Å². The molecule has 0 aliphatic heterocycles. The lowest BCUT2D eigenvalue weighted by atomic mass is 9.51. The van der Waals surface area contributed by atoms with Crippen molar-refractivity contribution in [2.24, 2.45) is 29.6 Å². The monoisotopic (exact) mass is 255 g/mol. The van der Waals surface area contributed by atoms with E-state index >= 15 is 0 Å². The largest absolute Gasteiger partial charge is 0.399 e. The van der Waals surface area contributed by atoms with Gasteiger partial charge in [0.25, 0.3) is 0 Å². The van der Waals surface area contributed by atoms with Crippen LogP contribution in [0.1, 0.15) is 43.2 Å². The Morgan fingerprint density at radius 3 is 2.21 bits per heavy atom. The van der Waals surface area contributed by atoms with E-state index in [-0.39, 0.29) is 0 Å². The van der Waals surface area contributed by atoms with Crippen LogP contribution in [0.25, 0.3) is 0 Å². The van der Waals surface area contributed by atoms with Crippen LogP contribution < -0.4 is 5.73 Å². The van der Waals surface area contributed by atoms with Gasteiger partial charge >= 0.3 is 0 Å². The van der Waals surface area contributed by atoms with Crippen molar-refractivity contribution in [3.63, 3.8) is 0 Å². The molecule has 4 aliphatic rings. The summed E-state index contributed by atoms with van der Waals surface area (Å²) in [6, 6.07) is 6.68. The van der Waals surface area contributed by atoms with Crippen molar-refractivity contribution in [1.29, 1.82) is 0 Å². The van der Waals surface area contributed by atoms with Crippen LogP contribution in [0.2, 0.25) is 0 Å². The number of benzene rings is 1. The summed E-state index contributed by atoms with van der Waals surface area (Å²) in [6.45, 7) is 2.13. The topological polar surface area (TPSA) is 26.0 Å². The molecule has 0 amide bonds. The van der Waals surface area contributed by atoms with Crippen LogP contribution in [-0.2, 0) is 6.42 Å². The summed E-state index contributed by atoms with van der Waals surface area (Å²) >= 11 is 0. The molecular formula is C18H25N. The molecule has 1 aromatic carbocycles. The van der Waals surface area contributed by atoms with Crippen molar-refractivity contribution >= 4 is 5.69 Å². The molecule has 0 aromatic heterocycles. The Balaban J connectivity index is 1.55. The maximum Gasteiger partial charge on any atom is 0.0343 e. The summed E-state index contributed by atoms with van der Waals surface area (Å²) in [5.74, 6) is 5.22. The van der Waals surface area contributed by atoms with E-state index in [1.54, 1.807) is 6.42 Å². The Labute approximate surface area is 116 Å². The lowest BCUT2D eigenvalue weighted by Gasteiger charge is -2.54. The Morgan fingerprint density at radius 2 is 1.63 bits per heavy atom. The van der Waals surface area contributed by atoms with Crippen LogP contribution in [0.5, 0.6) is 0 Å². The van der Waals surface area contributed by atoms with E-state index in [9.17, 15) is 0 Å². The van der Waals surface area contributed by atoms with Gasteiger partial charge in [-0.25, -0.2) is 0 Å². The van der Waals surface area contributed by atoms with Crippen molar-refractivity contribution in [3.8, 4) is 0 Å². The molecule has 4 aliphatic carbocycles. The molecule has 1 nitrogen and oxygen atoms in total. The van der Waals surface area contributed by atoms with Gasteiger partial charge in [-0.15, -0.1) is 0 Å².